The van der Waals surface area contributed by atoms with Gasteiger partial charge in [0.1, 0.15) is 0 Å². The summed E-state index contributed by atoms with van der Waals surface area (Å²) in [6, 6.07) is 0. The first-order valence-corrected chi connectivity index (χ1v) is 6.14. The smallest absolute Gasteiger partial charge is 0.0589 e. The number of aliphatic hydroxyl groups excluding tert-OH is 4. The van der Waals surface area contributed by atoms with Gasteiger partial charge >= 0.3 is 0 Å². The first-order chi connectivity index (χ1) is 7.49. The lowest BCUT2D eigenvalue weighted by Crippen LogP contribution is -2.24. The molecule has 98 valence electrons. The highest BCUT2D eigenvalue weighted by Crippen LogP contribution is 2.15. The van der Waals surface area contributed by atoms with Crippen molar-refractivity contribution >= 4 is 0 Å². The molecule has 4 unspecified atom stereocenters. The molecule has 0 bridgehead atoms. The number of hydrogen-bond acceptors (Lipinski definition) is 4. The third-order valence-electron chi connectivity index (χ3n) is 2.92. The van der Waals surface area contributed by atoms with Crippen LogP contribution in [0.5, 0.6) is 0 Å². The maximum atomic E-state index is 9.67. The summed E-state index contributed by atoms with van der Waals surface area (Å²) in [6.45, 7) is 4.05. The molecule has 4 heteroatoms. The van der Waals surface area contributed by atoms with Crippen molar-refractivity contribution in [1.82, 2.24) is 0 Å². The van der Waals surface area contributed by atoms with Crippen LogP contribution < -0.4 is 0 Å². The van der Waals surface area contributed by atoms with Gasteiger partial charge in [-0.2, -0.15) is 0 Å². The van der Waals surface area contributed by atoms with Crippen molar-refractivity contribution in [3.8, 4) is 0 Å². The molecular formula is C12H26O4. The predicted molar refractivity (Wildman–Crippen MR) is 63.0 cm³/mol. The molecule has 0 aromatic carbocycles. The summed E-state index contributed by atoms with van der Waals surface area (Å²) in [5.74, 6) is 0.449. The fourth-order valence-electron chi connectivity index (χ4n) is 1.72. The molecule has 0 heterocycles. The molecule has 0 radical (unpaired) electrons. The van der Waals surface area contributed by atoms with Gasteiger partial charge in [-0.1, -0.05) is 20.3 Å². The highest BCUT2D eigenvalue weighted by molar-refractivity contribution is 4.69. The van der Waals surface area contributed by atoms with Crippen molar-refractivity contribution in [2.24, 2.45) is 5.92 Å². The highest BCUT2D eigenvalue weighted by atomic mass is 16.3. The minimum atomic E-state index is -0.694. The Kier molecular flexibility index (Phi) is 8.84. The third kappa shape index (κ3) is 8.05. The molecule has 0 fully saturated rings. The lowest BCUT2D eigenvalue weighted by Gasteiger charge is -2.20. The van der Waals surface area contributed by atoms with Crippen LogP contribution in [0.3, 0.4) is 0 Å². The van der Waals surface area contributed by atoms with Crippen molar-refractivity contribution in [3.63, 3.8) is 0 Å². The van der Waals surface area contributed by atoms with E-state index in [4.69, 9.17) is 5.11 Å². The van der Waals surface area contributed by atoms with Gasteiger partial charge in [0.25, 0.3) is 0 Å². The Hall–Kier alpha value is -0.160. The minimum absolute atomic E-state index is 0.0801. The van der Waals surface area contributed by atoms with Gasteiger partial charge in [-0.05, 0) is 31.6 Å². The van der Waals surface area contributed by atoms with Crippen LogP contribution in [0.15, 0.2) is 0 Å². The standard InChI is InChI=1S/C12H26O4/c1-3-9(2)6-11(15)8-12(16)7-10(14)4-5-13/h9-16H,3-8H2,1-2H3. The largest absolute Gasteiger partial charge is 0.396 e. The Morgan fingerprint density at radius 3 is 1.88 bits per heavy atom. The van der Waals surface area contributed by atoms with E-state index in [1.807, 2.05) is 0 Å². The van der Waals surface area contributed by atoms with E-state index < -0.39 is 18.3 Å². The van der Waals surface area contributed by atoms with Crippen molar-refractivity contribution < 1.29 is 20.4 Å². The average Bonchev–Trinajstić information content (AvgIpc) is 2.16. The highest BCUT2D eigenvalue weighted by Gasteiger charge is 2.17. The van der Waals surface area contributed by atoms with Gasteiger partial charge in [0, 0.05) is 6.61 Å². The third-order valence-corrected chi connectivity index (χ3v) is 2.92. The van der Waals surface area contributed by atoms with E-state index in [9.17, 15) is 15.3 Å². The molecule has 0 rings (SSSR count). The van der Waals surface area contributed by atoms with Gasteiger partial charge in [-0.25, -0.2) is 0 Å². The van der Waals surface area contributed by atoms with Gasteiger partial charge in [-0.15, -0.1) is 0 Å². The van der Waals surface area contributed by atoms with Crippen molar-refractivity contribution in [3.05, 3.63) is 0 Å². The second kappa shape index (κ2) is 8.93. The van der Waals surface area contributed by atoms with Gasteiger partial charge in [0.15, 0.2) is 0 Å². The van der Waals surface area contributed by atoms with Gasteiger partial charge < -0.3 is 20.4 Å². The number of rotatable bonds is 9. The molecule has 0 aliphatic carbocycles. The Balaban J connectivity index is 3.72. The molecule has 4 atom stereocenters. The lowest BCUT2D eigenvalue weighted by molar-refractivity contribution is 0.0260. The summed E-state index contributed by atoms with van der Waals surface area (Å²) < 4.78 is 0. The van der Waals surface area contributed by atoms with Crippen molar-refractivity contribution in [2.75, 3.05) is 6.61 Å². The van der Waals surface area contributed by atoms with E-state index in [1.54, 1.807) is 0 Å². The molecule has 4 N–H and O–H groups in total. The quantitative estimate of drug-likeness (QED) is 0.472. The van der Waals surface area contributed by atoms with Crippen LogP contribution in [-0.2, 0) is 0 Å². The molecule has 0 aliphatic rings. The summed E-state index contributed by atoms with van der Waals surface area (Å²) >= 11 is 0. The van der Waals surface area contributed by atoms with Crippen LogP contribution in [0.25, 0.3) is 0 Å². The molecule has 0 spiro atoms. The van der Waals surface area contributed by atoms with Crippen LogP contribution >= 0.6 is 0 Å². The molecule has 4 nitrogen and oxygen atoms in total. The zero-order valence-corrected chi connectivity index (χ0v) is 10.3. The SMILES string of the molecule is CCC(C)CC(O)CC(O)CC(O)CCO. The van der Waals surface area contributed by atoms with Crippen LogP contribution in [0.4, 0.5) is 0 Å². The van der Waals surface area contributed by atoms with Gasteiger partial charge in [0.05, 0.1) is 18.3 Å². The maximum Gasteiger partial charge on any atom is 0.0589 e. The maximum absolute atomic E-state index is 9.67. The van der Waals surface area contributed by atoms with E-state index in [0.717, 1.165) is 6.42 Å². The Bertz CT molecular complexity index is 163. The summed E-state index contributed by atoms with van der Waals surface area (Å²) in [5.41, 5.74) is 0. The van der Waals surface area contributed by atoms with E-state index in [1.165, 1.54) is 0 Å². The number of hydrogen-bond donors (Lipinski definition) is 4. The lowest BCUT2D eigenvalue weighted by atomic mass is 9.96. The van der Waals surface area contributed by atoms with E-state index in [2.05, 4.69) is 13.8 Å². The van der Waals surface area contributed by atoms with E-state index >= 15 is 0 Å². The van der Waals surface area contributed by atoms with E-state index in [0.29, 0.717) is 18.8 Å². The predicted octanol–water partition coefficient (Wildman–Crippen LogP) is 0.668. The van der Waals surface area contributed by atoms with Crippen LogP contribution in [0.2, 0.25) is 0 Å². The van der Waals surface area contributed by atoms with Crippen molar-refractivity contribution in [2.45, 2.75) is 64.3 Å². The Morgan fingerprint density at radius 2 is 1.38 bits per heavy atom. The minimum Gasteiger partial charge on any atom is -0.396 e. The molecule has 0 aliphatic heterocycles. The summed E-state index contributed by atoms with van der Waals surface area (Å²) in [6.07, 6.45) is 0.607. The fourth-order valence-corrected chi connectivity index (χ4v) is 1.72. The Morgan fingerprint density at radius 1 is 0.875 bits per heavy atom. The monoisotopic (exact) mass is 234 g/mol. The summed E-state index contributed by atoms with van der Waals surface area (Å²) in [4.78, 5) is 0. The molecule has 0 aromatic rings. The first-order valence-electron chi connectivity index (χ1n) is 6.14. The zero-order valence-electron chi connectivity index (χ0n) is 10.3. The van der Waals surface area contributed by atoms with Gasteiger partial charge in [0.2, 0.25) is 0 Å². The summed E-state index contributed by atoms with van der Waals surface area (Å²) in [5, 5.41) is 37.2. The second-order valence-electron chi connectivity index (χ2n) is 4.69. The topological polar surface area (TPSA) is 80.9 Å². The van der Waals surface area contributed by atoms with Crippen LogP contribution in [-0.4, -0.2) is 45.3 Å². The van der Waals surface area contributed by atoms with Crippen LogP contribution in [0, 0.1) is 5.92 Å². The van der Waals surface area contributed by atoms with Crippen LogP contribution in [0.1, 0.15) is 46.0 Å². The molecule has 0 saturated carbocycles. The summed E-state index contributed by atoms with van der Waals surface area (Å²) in [7, 11) is 0. The van der Waals surface area contributed by atoms with Crippen molar-refractivity contribution in [1.29, 1.82) is 0 Å². The molecule has 16 heavy (non-hydrogen) atoms. The normalized spacial score (nSPS) is 19.1. The first kappa shape index (κ1) is 15.8. The van der Waals surface area contributed by atoms with Gasteiger partial charge in [-0.3, -0.25) is 0 Å². The second-order valence-corrected chi connectivity index (χ2v) is 4.69. The molecular weight excluding hydrogens is 208 g/mol. The Labute approximate surface area is 97.9 Å². The zero-order chi connectivity index (χ0) is 12.6. The number of aliphatic hydroxyl groups is 4. The fraction of sp³-hybridized carbons (Fsp3) is 1.00. The molecule has 0 saturated heterocycles. The molecule has 0 aromatic heterocycles. The van der Waals surface area contributed by atoms with E-state index in [-0.39, 0.29) is 19.4 Å². The molecule has 0 amide bonds. The average molecular weight is 234 g/mol.